The van der Waals surface area contributed by atoms with E-state index >= 15 is 0 Å². The summed E-state index contributed by atoms with van der Waals surface area (Å²) in [5.41, 5.74) is 0.875. The summed E-state index contributed by atoms with van der Waals surface area (Å²) in [7, 11) is 1.74. The molecule has 0 bridgehead atoms. The minimum atomic E-state index is -0.598. The van der Waals surface area contributed by atoms with Gasteiger partial charge in [-0.2, -0.15) is 0 Å². The molecular formula is C23H31N5O4S. The molecule has 2 aromatic heterocycles. The van der Waals surface area contributed by atoms with E-state index in [1.165, 1.54) is 16.2 Å². The lowest BCUT2D eigenvalue weighted by atomic mass is 10.0. The number of hydrogen-bond donors (Lipinski definition) is 1. The van der Waals surface area contributed by atoms with Crippen molar-refractivity contribution in [3.05, 3.63) is 23.6 Å². The maximum Gasteiger partial charge on any atom is 0.410 e. The first-order chi connectivity index (χ1) is 15.7. The highest BCUT2D eigenvalue weighted by Gasteiger charge is 2.40. The number of carbonyl (C=O) groups is 2. The Morgan fingerprint density at radius 3 is 2.70 bits per heavy atom. The summed E-state index contributed by atoms with van der Waals surface area (Å²) in [6, 6.07) is 5.37. The Bertz CT molecular complexity index is 1000. The SMILES string of the molecule is COC[C@@H]1CCN(c2cccc(-c3csc(NC(=O)[C@@H]4CCN4C(=O)OC(C)(C)C)n3)n2)C1. The third-order valence-electron chi connectivity index (χ3n) is 5.69. The van der Waals surface area contributed by atoms with Gasteiger partial charge in [-0.1, -0.05) is 6.07 Å². The van der Waals surface area contributed by atoms with E-state index in [9.17, 15) is 9.59 Å². The van der Waals surface area contributed by atoms with Crippen molar-refractivity contribution >= 4 is 34.3 Å². The number of amides is 2. The predicted molar refractivity (Wildman–Crippen MR) is 128 cm³/mol. The number of hydrogen-bond acceptors (Lipinski definition) is 8. The van der Waals surface area contributed by atoms with E-state index in [1.807, 2.05) is 44.4 Å². The van der Waals surface area contributed by atoms with Crippen molar-refractivity contribution in [2.24, 2.45) is 5.92 Å². The molecule has 0 aromatic carbocycles. The third-order valence-corrected chi connectivity index (χ3v) is 6.45. The molecule has 0 unspecified atom stereocenters. The van der Waals surface area contributed by atoms with Gasteiger partial charge in [0, 0.05) is 38.0 Å². The molecule has 2 saturated heterocycles. The van der Waals surface area contributed by atoms with Crippen LogP contribution in [0.25, 0.3) is 11.4 Å². The standard InChI is InChI=1S/C23H31N5O4S/c1-23(2,3)32-22(30)28-11-9-18(28)20(29)26-21-25-17(14-33-21)16-6-5-7-19(24-16)27-10-8-15(12-27)13-31-4/h5-7,14-15,18H,8-13H2,1-4H3,(H,25,26,29)/t15-,18+/m1/s1. The molecule has 2 aromatic rings. The van der Waals surface area contributed by atoms with Gasteiger partial charge in [-0.3, -0.25) is 9.69 Å². The van der Waals surface area contributed by atoms with Crippen LogP contribution in [0.2, 0.25) is 0 Å². The monoisotopic (exact) mass is 473 g/mol. The summed E-state index contributed by atoms with van der Waals surface area (Å²) in [4.78, 5) is 38.1. The van der Waals surface area contributed by atoms with Crippen LogP contribution in [-0.4, -0.2) is 71.9 Å². The maximum atomic E-state index is 12.7. The summed E-state index contributed by atoms with van der Waals surface area (Å²) in [6.45, 7) is 8.58. The van der Waals surface area contributed by atoms with E-state index in [-0.39, 0.29) is 5.91 Å². The highest BCUT2D eigenvalue weighted by molar-refractivity contribution is 7.14. The molecule has 0 spiro atoms. The van der Waals surface area contributed by atoms with Crippen LogP contribution in [0.3, 0.4) is 0 Å². The van der Waals surface area contributed by atoms with Gasteiger partial charge in [-0.15, -0.1) is 11.3 Å². The zero-order valence-corrected chi connectivity index (χ0v) is 20.4. The van der Waals surface area contributed by atoms with E-state index in [0.717, 1.165) is 37.6 Å². The zero-order chi connectivity index (χ0) is 23.6. The average molecular weight is 474 g/mol. The Balaban J connectivity index is 1.38. The smallest absolute Gasteiger partial charge is 0.410 e. The van der Waals surface area contributed by atoms with Crippen molar-refractivity contribution in [3.63, 3.8) is 0 Å². The number of aromatic nitrogens is 2. The largest absolute Gasteiger partial charge is 0.444 e. The molecule has 2 aliphatic rings. The molecule has 2 atom stereocenters. The Labute approximate surface area is 198 Å². The second kappa shape index (κ2) is 9.64. The number of rotatable bonds is 6. The molecule has 10 heteroatoms. The Kier molecular flexibility index (Phi) is 6.85. The second-order valence-electron chi connectivity index (χ2n) is 9.44. The molecular weight excluding hydrogens is 442 g/mol. The molecule has 0 saturated carbocycles. The van der Waals surface area contributed by atoms with E-state index in [4.69, 9.17) is 14.5 Å². The number of methoxy groups -OCH3 is 1. The van der Waals surface area contributed by atoms with Crippen molar-refractivity contribution in [2.45, 2.75) is 45.3 Å². The van der Waals surface area contributed by atoms with Crippen LogP contribution in [0.1, 0.15) is 33.6 Å². The fraction of sp³-hybridized carbons (Fsp3) is 0.565. The van der Waals surface area contributed by atoms with Crippen molar-refractivity contribution in [2.75, 3.05) is 43.6 Å². The minimum Gasteiger partial charge on any atom is -0.444 e. The number of carbonyl (C=O) groups excluding carboxylic acids is 2. The molecule has 2 amide bonds. The van der Waals surface area contributed by atoms with Crippen LogP contribution in [0, 0.1) is 5.92 Å². The third kappa shape index (κ3) is 5.62. The van der Waals surface area contributed by atoms with Crippen LogP contribution in [0.15, 0.2) is 23.6 Å². The van der Waals surface area contributed by atoms with E-state index in [2.05, 4.69) is 15.2 Å². The number of nitrogens with one attached hydrogen (secondary N) is 1. The number of nitrogens with zero attached hydrogens (tertiary/aromatic N) is 4. The summed E-state index contributed by atoms with van der Waals surface area (Å²) < 4.78 is 10.7. The lowest BCUT2D eigenvalue weighted by Gasteiger charge is -2.39. The molecule has 0 aliphatic carbocycles. The first-order valence-corrected chi connectivity index (χ1v) is 12.1. The van der Waals surface area contributed by atoms with Gasteiger partial charge in [0.15, 0.2) is 5.13 Å². The Morgan fingerprint density at radius 1 is 1.18 bits per heavy atom. The summed E-state index contributed by atoms with van der Waals surface area (Å²) >= 11 is 1.34. The number of anilines is 2. The fourth-order valence-electron chi connectivity index (χ4n) is 3.99. The van der Waals surface area contributed by atoms with Gasteiger partial charge < -0.3 is 19.7 Å². The van der Waals surface area contributed by atoms with Gasteiger partial charge in [-0.05, 0) is 45.7 Å². The first kappa shape index (κ1) is 23.4. The molecule has 1 N–H and O–H groups in total. The number of pyridine rings is 1. The van der Waals surface area contributed by atoms with Gasteiger partial charge in [0.25, 0.3) is 0 Å². The van der Waals surface area contributed by atoms with Gasteiger partial charge in [-0.25, -0.2) is 14.8 Å². The van der Waals surface area contributed by atoms with Gasteiger partial charge in [0.05, 0.1) is 12.3 Å². The van der Waals surface area contributed by atoms with Crippen molar-refractivity contribution < 1.29 is 19.1 Å². The van der Waals surface area contributed by atoms with Gasteiger partial charge >= 0.3 is 6.09 Å². The quantitative estimate of drug-likeness (QED) is 0.684. The maximum absolute atomic E-state index is 12.7. The van der Waals surface area contributed by atoms with Crippen LogP contribution in [0.5, 0.6) is 0 Å². The highest BCUT2D eigenvalue weighted by atomic mass is 32.1. The molecule has 4 heterocycles. The Hall–Kier alpha value is -2.72. The number of likely N-dealkylation sites (tertiary alicyclic amines) is 1. The van der Waals surface area contributed by atoms with Gasteiger partial charge in [0.1, 0.15) is 23.2 Å². The average Bonchev–Trinajstić information content (AvgIpc) is 3.36. The van der Waals surface area contributed by atoms with Crippen LogP contribution in [-0.2, 0) is 14.3 Å². The summed E-state index contributed by atoms with van der Waals surface area (Å²) in [5, 5.41) is 5.20. The lowest BCUT2D eigenvalue weighted by molar-refractivity contribution is -0.125. The highest BCUT2D eigenvalue weighted by Crippen LogP contribution is 2.29. The van der Waals surface area contributed by atoms with Crippen molar-refractivity contribution in [3.8, 4) is 11.4 Å². The molecule has 2 aliphatic heterocycles. The molecule has 33 heavy (non-hydrogen) atoms. The van der Waals surface area contributed by atoms with Crippen LogP contribution >= 0.6 is 11.3 Å². The zero-order valence-electron chi connectivity index (χ0n) is 19.5. The van der Waals surface area contributed by atoms with E-state index in [1.54, 1.807) is 7.11 Å². The van der Waals surface area contributed by atoms with Crippen molar-refractivity contribution in [1.29, 1.82) is 0 Å². The van der Waals surface area contributed by atoms with Crippen LogP contribution in [0.4, 0.5) is 15.7 Å². The lowest BCUT2D eigenvalue weighted by Crippen LogP contribution is -2.57. The first-order valence-electron chi connectivity index (χ1n) is 11.2. The number of ether oxygens (including phenoxy) is 2. The predicted octanol–water partition coefficient (Wildman–Crippen LogP) is 3.63. The molecule has 178 valence electrons. The molecule has 0 radical (unpaired) electrons. The molecule has 4 rings (SSSR count). The normalized spacial score (nSPS) is 20.5. The fourth-order valence-corrected chi connectivity index (χ4v) is 4.70. The van der Waals surface area contributed by atoms with E-state index in [0.29, 0.717) is 29.7 Å². The Morgan fingerprint density at radius 2 is 2.00 bits per heavy atom. The van der Waals surface area contributed by atoms with E-state index < -0.39 is 17.7 Å². The minimum absolute atomic E-state index is 0.254. The number of thiazole rings is 1. The molecule has 2 fully saturated rings. The van der Waals surface area contributed by atoms with Crippen LogP contribution < -0.4 is 10.2 Å². The second-order valence-corrected chi connectivity index (χ2v) is 10.3. The molecule has 9 nitrogen and oxygen atoms in total. The topological polar surface area (TPSA) is 96.9 Å². The van der Waals surface area contributed by atoms with Crippen molar-refractivity contribution in [1.82, 2.24) is 14.9 Å². The summed E-state index contributed by atoms with van der Waals surface area (Å²) in [5.74, 6) is 1.19. The summed E-state index contributed by atoms with van der Waals surface area (Å²) in [6.07, 6.45) is 1.23. The van der Waals surface area contributed by atoms with Gasteiger partial charge in [0.2, 0.25) is 5.91 Å².